The molecule has 4 nitrogen and oxygen atoms in total. The number of aromatic nitrogens is 3. The van der Waals surface area contributed by atoms with Gasteiger partial charge in [0.2, 0.25) is 5.95 Å². The smallest absolute Gasteiger partial charge is 0.225 e. The summed E-state index contributed by atoms with van der Waals surface area (Å²) in [4.78, 5) is 2.35. The Morgan fingerprint density at radius 1 is 1.40 bits per heavy atom. The van der Waals surface area contributed by atoms with Gasteiger partial charge in [-0.15, -0.1) is 5.10 Å². The topological polar surface area (TPSA) is 36.9 Å². The maximum atomic E-state index is 5.13. The van der Waals surface area contributed by atoms with Crippen LogP contribution in [0.25, 0.3) is 0 Å². The van der Waals surface area contributed by atoms with Crippen molar-refractivity contribution in [1.29, 1.82) is 0 Å². The molecule has 0 bridgehead atoms. The molecule has 2 heterocycles. The number of hydrogen-bond donors (Lipinski definition) is 1. The van der Waals surface area contributed by atoms with Crippen LogP contribution in [0.5, 0.6) is 0 Å². The summed E-state index contributed by atoms with van der Waals surface area (Å²) in [5.74, 6) is 1.71. The van der Waals surface area contributed by atoms with E-state index in [-0.39, 0.29) is 0 Å². The number of hydrogen-bond acceptors (Lipinski definition) is 3. The third-order valence-electron chi connectivity index (χ3n) is 3.23. The standard InChI is InChI=1S/C10H18N4S/c1-7-4-5-8(2)14(6-7)9-11-12-10(15)13(9)3/h7-8H,4-6H2,1-3H3,(H,12,15). The van der Waals surface area contributed by atoms with Gasteiger partial charge < -0.3 is 4.90 Å². The molecule has 15 heavy (non-hydrogen) atoms. The van der Waals surface area contributed by atoms with Gasteiger partial charge >= 0.3 is 0 Å². The van der Waals surface area contributed by atoms with Gasteiger partial charge in [0.1, 0.15) is 0 Å². The number of anilines is 1. The van der Waals surface area contributed by atoms with Gasteiger partial charge in [-0.2, -0.15) is 0 Å². The monoisotopic (exact) mass is 226 g/mol. The normalized spacial score (nSPS) is 27.0. The molecule has 1 fully saturated rings. The summed E-state index contributed by atoms with van der Waals surface area (Å²) in [6, 6.07) is 0.560. The Hall–Kier alpha value is -0.840. The number of nitrogens with one attached hydrogen (secondary N) is 1. The second-order valence-electron chi connectivity index (χ2n) is 4.57. The van der Waals surface area contributed by atoms with E-state index in [1.54, 1.807) is 0 Å². The third kappa shape index (κ3) is 1.93. The Labute approximate surface area is 95.3 Å². The molecule has 84 valence electrons. The summed E-state index contributed by atoms with van der Waals surface area (Å²) in [7, 11) is 1.97. The van der Waals surface area contributed by atoms with Crippen LogP contribution in [-0.2, 0) is 7.05 Å². The zero-order valence-electron chi connectivity index (χ0n) is 9.53. The van der Waals surface area contributed by atoms with E-state index in [4.69, 9.17) is 12.2 Å². The number of aromatic amines is 1. The van der Waals surface area contributed by atoms with Gasteiger partial charge in [-0.25, -0.2) is 5.10 Å². The SMILES string of the molecule is CC1CCC(C)N(c2n[nH]c(=S)n2C)C1. The summed E-state index contributed by atoms with van der Waals surface area (Å²) in [6.45, 7) is 5.62. The first kappa shape index (κ1) is 10.7. The van der Waals surface area contributed by atoms with Crippen LogP contribution in [0.1, 0.15) is 26.7 Å². The molecule has 1 N–H and O–H groups in total. The van der Waals surface area contributed by atoms with Crippen LogP contribution in [0.15, 0.2) is 0 Å². The van der Waals surface area contributed by atoms with Crippen molar-refractivity contribution < 1.29 is 0 Å². The van der Waals surface area contributed by atoms with Gasteiger partial charge in [-0.05, 0) is 37.9 Å². The number of nitrogens with zero attached hydrogens (tertiary/aromatic N) is 3. The molecular weight excluding hydrogens is 208 g/mol. The molecule has 0 aromatic carbocycles. The van der Waals surface area contributed by atoms with E-state index in [0.717, 1.165) is 18.4 Å². The predicted molar refractivity (Wildman–Crippen MR) is 63.6 cm³/mol. The van der Waals surface area contributed by atoms with Crippen LogP contribution in [-0.4, -0.2) is 27.4 Å². The molecule has 2 atom stereocenters. The van der Waals surface area contributed by atoms with Crippen LogP contribution in [0.4, 0.5) is 5.95 Å². The van der Waals surface area contributed by atoms with Crippen molar-refractivity contribution in [3.05, 3.63) is 4.77 Å². The van der Waals surface area contributed by atoms with E-state index < -0.39 is 0 Å². The van der Waals surface area contributed by atoms with Gasteiger partial charge in [0.15, 0.2) is 4.77 Å². The fourth-order valence-electron chi connectivity index (χ4n) is 2.16. The van der Waals surface area contributed by atoms with Crippen LogP contribution in [0.2, 0.25) is 0 Å². The predicted octanol–water partition coefficient (Wildman–Crippen LogP) is 2.10. The molecule has 1 aliphatic heterocycles. The van der Waals surface area contributed by atoms with E-state index in [0.29, 0.717) is 10.8 Å². The largest absolute Gasteiger partial charge is 0.338 e. The lowest BCUT2D eigenvalue weighted by Crippen LogP contribution is -2.42. The third-order valence-corrected chi connectivity index (χ3v) is 3.60. The summed E-state index contributed by atoms with van der Waals surface area (Å²) in [5.41, 5.74) is 0. The Morgan fingerprint density at radius 3 is 2.73 bits per heavy atom. The van der Waals surface area contributed by atoms with Crippen LogP contribution in [0, 0.1) is 10.7 Å². The molecule has 0 saturated carbocycles. The van der Waals surface area contributed by atoms with Gasteiger partial charge in [0, 0.05) is 19.6 Å². The highest BCUT2D eigenvalue weighted by atomic mass is 32.1. The highest BCUT2D eigenvalue weighted by molar-refractivity contribution is 7.71. The average Bonchev–Trinajstić information content (AvgIpc) is 2.52. The molecule has 5 heteroatoms. The minimum Gasteiger partial charge on any atom is -0.338 e. The summed E-state index contributed by atoms with van der Waals surface area (Å²) >= 11 is 5.13. The zero-order valence-corrected chi connectivity index (χ0v) is 10.3. The lowest BCUT2D eigenvalue weighted by molar-refractivity contribution is 0.383. The van der Waals surface area contributed by atoms with Crippen molar-refractivity contribution in [2.45, 2.75) is 32.7 Å². The highest BCUT2D eigenvalue weighted by Crippen LogP contribution is 2.25. The molecule has 0 amide bonds. The van der Waals surface area contributed by atoms with Crippen molar-refractivity contribution in [2.75, 3.05) is 11.4 Å². The Kier molecular flexibility index (Phi) is 2.82. The van der Waals surface area contributed by atoms with Crippen LogP contribution < -0.4 is 4.90 Å². The minimum absolute atomic E-state index is 0.560. The van der Waals surface area contributed by atoms with Crippen molar-refractivity contribution >= 4 is 18.2 Å². The first-order valence-corrected chi connectivity index (χ1v) is 5.88. The van der Waals surface area contributed by atoms with Crippen LogP contribution in [0.3, 0.4) is 0 Å². The summed E-state index contributed by atoms with van der Waals surface area (Å²) < 4.78 is 2.64. The fourth-order valence-corrected chi connectivity index (χ4v) is 2.29. The van der Waals surface area contributed by atoms with E-state index in [1.807, 2.05) is 11.6 Å². The lowest BCUT2D eigenvalue weighted by Gasteiger charge is -2.37. The highest BCUT2D eigenvalue weighted by Gasteiger charge is 2.25. The van der Waals surface area contributed by atoms with Gasteiger partial charge in [0.05, 0.1) is 0 Å². The lowest BCUT2D eigenvalue weighted by atomic mass is 9.95. The summed E-state index contributed by atoms with van der Waals surface area (Å²) in [5, 5.41) is 7.14. The Bertz CT molecular complexity index is 394. The Morgan fingerprint density at radius 2 is 2.13 bits per heavy atom. The zero-order chi connectivity index (χ0) is 11.0. The van der Waals surface area contributed by atoms with Crippen molar-refractivity contribution in [3.8, 4) is 0 Å². The molecular formula is C10H18N4S. The second-order valence-corrected chi connectivity index (χ2v) is 4.96. The summed E-state index contributed by atoms with van der Waals surface area (Å²) in [6.07, 6.45) is 2.55. The Balaban J connectivity index is 2.29. The van der Waals surface area contributed by atoms with Crippen molar-refractivity contribution in [2.24, 2.45) is 13.0 Å². The maximum Gasteiger partial charge on any atom is 0.225 e. The van der Waals surface area contributed by atoms with E-state index >= 15 is 0 Å². The van der Waals surface area contributed by atoms with Gasteiger partial charge in [-0.1, -0.05) is 6.92 Å². The molecule has 0 aliphatic carbocycles. The van der Waals surface area contributed by atoms with E-state index in [9.17, 15) is 0 Å². The average molecular weight is 226 g/mol. The molecule has 1 saturated heterocycles. The van der Waals surface area contributed by atoms with Crippen molar-refractivity contribution in [1.82, 2.24) is 14.8 Å². The first-order valence-electron chi connectivity index (χ1n) is 5.47. The van der Waals surface area contributed by atoms with Crippen molar-refractivity contribution in [3.63, 3.8) is 0 Å². The number of H-pyrrole nitrogens is 1. The van der Waals surface area contributed by atoms with Gasteiger partial charge in [0.25, 0.3) is 0 Å². The molecule has 0 radical (unpaired) electrons. The van der Waals surface area contributed by atoms with Crippen LogP contribution >= 0.6 is 12.2 Å². The number of rotatable bonds is 1. The molecule has 2 unspecified atom stereocenters. The van der Waals surface area contributed by atoms with E-state index in [2.05, 4.69) is 28.9 Å². The molecule has 0 spiro atoms. The maximum absolute atomic E-state index is 5.13. The molecule has 1 aromatic heterocycles. The second kappa shape index (κ2) is 3.96. The first-order chi connectivity index (χ1) is 7.09. The minimum atomic E-state index is 0.560. The van der Waals surface area contributed by atoms with Gasteiger partial charge in [-0.3, -0.25) is 4.57 Å². The molecule has 2 rings (SSSR count). The fraction of sp³-hybridized carbons (Fsp3) is 0.800. The quantitative estimate of drug-likeness (QED) is 0.745. The molecule has 1 aromatic rings. The molecule has 1 aliphatic rings. The van der Waals surface area contributed by atoms with E-state index in [1.165, 1.54) is 12.8 Å². The number of piperidine rings is 1.